The van der Waals surface area contributed by atoms with Crippen molar-refractivity contribution in [3.05, 3.63) is 40.1 Å². The number of hydrogen-bond donors (Lipinski definition) is 1. The fourth-order valence-electron chi connectivity index (χ4n) is 2.09. The molecule has 2 rings (SSSR count). The summed E-state index contributed by atoms with van der Waals surface area (Å²) in [6.45, 7) is 6.31. The minimum Gasteiger partial charge on any atom is -0.392 e. The SMILES string of the molecule is Cc1ccsc1CN(Cc1cncn1C)C[C@@H](C)O. The fourth-order valence-corrected chi connectivity index (χ4v) is 3.04. The first-order valence-corrected chi connectivity index (χ1v) is 7.33. The molecule has 2 aromatic rings. The van der Waals surface area contributed by atoms with E-state index >= 15 is 0 Å². The molecular formula is C14H21N3OS. The number of nitrogens with zero attached hydrogens (tertiary/aromatic N) is 3. The third kappa shape index (κ3) is 3.89. The Morgan fingerprint density at radius 3 is 2.79 bits per heavy atom. The Labute approximate surface area is 118 Å². The summed E-state index contributed by atoms with van der Waals surface area (Å²) >= 11 is 1.78. The Bertz CT molecular complexity index is 476. The summed E-state index contributed by atoms with van der Waals surface area (Å²) in [4.78, 5) is 7.77. The van der Waals surface area contributed by atoms with Gasteiger partial charge < -0.3 is 9.67 Å². The fraction of sp³-hybridized carbons (Fsp3) is 0.500. The largest absolute Gasteiger partial charge is 0.392 e. The van der Waals surface area contributed by atoms with Crippen molar-refractivity contribution in [3.8, 4) is 0 Å². The predicted molar refractivity (Wildman–Crippen MR) is 78.1 cm³/mol. The number of aryl methyl sites for hydroxylation is 2. The normalized spacial score (nSPS) is 13.1. The van der Waals surface area contributed by atoms with Crippen molar-refractivity contribution in [2.75, 3.05) is 6.54 Å². The average molecular weight is 279 g/mol. The maximum atomic E-state index is 9.66. The van der Waals surface area contributed by atoms with Gasteiger partial charge in [0, 0.05) is 37.8 Å². The maximum Gasteiger partial charge on any atom is 0.0945 e. The third-order valence-electron chi connectivity index (χ3n) is 3.16. The van der Waals surface area contributed by atoms with Crippen LogP contribution in [0.3, 0.4) is 0 Å². The number of aromatic nitrogens is 2. The number of aliphatic hydroxyl groups excluding tert-OH is 1. The van der Waals surface area contributed by atoms with Gasteiger partial charge in [-0.15, -0.1) is 11.3 Å². The standard InChI is InChI=1S/C14H21N3OS/c1-11-4-5-19-14(11)9-17(7-12(2)18)8-13-6-15-10-16(13)3/h4-6,10,12,18H,7-9H2,1-3H3/t12-/m1/s1. The Morgan fingerprint density at radius 2 is 2.26 bits per heavy atom. The summed E-state index contributed by atoms with van der Waals surface area (Å²) in [5.74, 6) is 0. The average Bonchev–Trinajstić information content (AvgIpc) is 2.89. The first-order chi connectivity index (χ1) is 9.06. The van der Waals surface area contributed by atoms with Gasteiger partial charge in [0.05, 0.1) is 18.1 Å². The van der Waals surface area contributed by atoms with Crippen molar-refractivity contribution in [2.45, 2.75) is 33.0 Å². The van der Waals surface area contributed by atoms with Crippen LogP contribution in [-0.2, 0) is 20.1 Å². The van der Waals surface area contributed by atoms with E-state index in [2.05, 4.69) is 28.3 Å². The van der Waals surface area contributed by atoms with E-state index < -0.39 is 0 Å². The molecule has 0 aliphatic rings. The number of rotatable bonds is 6. The van der Waals surface area contributed by atoms with Crippen LogP contribution in [0.4, 0.5) is 0 Å². The van der Waals surface area contributed by atoms with E-state index in [1.54, 1.807) is 11.3 Å². The Morgan fingerprint density at radius 1 is 1.47 bits per heavy atom. The van der Waals surface area contributed by atoms with Crippen molar-refractivity contribution in [2.24, 2.45) is 7.05 Å². The van der Waals surface area contributed by atoms with E-state index in [1.165, 1.54) is 10.4 Å². The lowest BCUT2D eigenvalue weighted by atomic mass is 10.2. The summed E-state index contributed by atoms with van der Waals surface area (Å²) in [6, 6.07) is 2.14. The first kappa shape index (κ1) is 14.2. The number of aliphatic hydroxyl groups is 1. The van der Waals surface area contributed by atoms with Crippen LogP contribution in [0.15, 0.2) is 24.0 Å². The van der Waals surface area contributed by atoms with E-state index in [-0.39, 0.29) is 6.10 Å². The topological polar surface area (TPSA) is 41.3 Å². The first-order valence-electron chi connectivity index (χ1n) is 6.45. The van der Waals surface area contributed by atoms with Gasteiger partial charge in [-0.05, 0) is 30.9 Å². The van der Waals surface area contributed by atoms with E-state index in [9.17, 15) is 5.11 Å². The lowest BCUT2D eigenvalue weighted by molar-refractivity contribution is 0.117. The van der Waals surface area contributed by atoms with Crippen LogP contribution in [0.2, 0.25) is 0 Å². The quantitative estimate of drug-likeness (QED) is 0.881. The van der Waals surface area contributed by atoms with Crippen molar-refractivity contribution in [1.29, 1.82) is 0 Å². The zero-order valence-corrected chi connectivity index (χ0v) is 12.5. The Kier molecular flexibility index (Phi) is 4.74. The minimum absolute atomic E-state index is 0.325. The van der Waals surface area contributed by atoms with Crippen molar-refractivity contribution >= 4 is 11.3 Å². The van der Waals surface area contributed by atoms with Gasteiger partial charge in [-0.25, -0.2) is 4.98 Å². The highest BCUT2D eigenvalue weighted by atomic mass is 32.1. The molecule has 2 aromatic heterocycles. The highest BCUT2D eigenvalue weighted by Crippen LogP contribution is 2.19. The van der Waals surface area contributed by atoms with Crippen LogP contribution < -0.4 is 0 Å². The van der Waals surface area contributed by atoms with Crippen molar-refractivity contribution in [1.82, 2.24) is 14.5 Å². The van der Waals surface area contributed by atoms with Crippen LogP contribution in [0.25, 0.3) is 0 Å². The molecule has 0 amide bonds. The van der Waals surface area contributed by atoms with Gasteiger partial charge in [-0.2, -0.15) is 0 Å². The molecule has 0 spiro atoms. The molecule has 0 fully saturated rings. The van der Waals surface area contributed by atoms with E-state index in [0.717, 1.165) is 18.8 Å². The molecule has 0 unspecified atom stereocenters. The van der Waals surface area contributed by atoms with Crippen LogP contribution in [0, 0.1) is 6.92 Å². The molecule has 0 aromatic carbocycles. The summed E-state index contributed by atoms with van der Waals surface area (Å²) in [5, 5.41) is 11.8. The van der Waals surface area contributed by atoms with Gasteiger partial charge in [-0.1, -0.05) is 0 Å². The van der Waals surface area contributed by atoms with Crippen molar-refractivity contribution in [3.63, 3.8) is 0 Å². The molecular weight excluding hydrogens is 258 g/mol. The third-order valence-corrected chi connectivity index (χ3v) is 4.17. The molecule has 0 radical (unpaired) electrons. The van der Waals surface area contributed by atoms with Gasteiger partial charge in [0.15, 0.2) is 0 Å². The maximum absolute atomic E-state index is 9.66. The highest BCUT2D eigenvalue weighted by molar-refractivity contribution is 7.10. The van der Waals surface area contributed by atoms with E-state index in [4.69, 9.17) is 0 Å². The number of hydrogen-bond acceptors (Lipinski definition) is 4. The summed E-state index contributed by atoms with van der Waals surface area (Å²) in [7, 11) is 2.00. The molecule has 0 bridgehead atoms. The molecule has 5 heteroatoms. The van der Waals surface area contributed by atoms with Gasteiger partial charge in [0.25, 0.3) is 0 Å². The molecule has 0 saturated heterocycles. The minimum atomic E-state index is -0.325. The van der Waals surface area contributed by atoms with Crippen LogP contribution >= 0.6 is 11.3 Å². The van der Waals surface area contributed by atoms with Gasteiger partial charge in [-0.3, -0.25) is 4.90 Å². The summed E-state index contributed by atoms with van der Waals surface area (Å²) < 4.78 is 2.02. The van der Waals surface area contributed by atoms with Crippen LogP contribution in [-0.4, -0.2) is 32.2 Å². The number of imidazole rings is 1. The molecule has 1 N–H and O–H groups in total. The molecule has 0 aliphatic carbocycles. The second-order valence-electron chi connectivity index (χ2n) is 5.04. The summed E-state index contributed by atoms with van der Waals surface area (Å²) in [5.41, 5.74) is 2.49. The molecule has 4 nitrogen and oxygen atoms in total. The molecule has 0 saturated carbocycles. The van der Waals surface area contributed by atoms with E-state index in [1.807, 2.05) is 31.1 Å². The van der Waals surface area contributed by atoms with Crippen LogP contribution in [0.5, 0.6) is 0 Å². The number of thiophene rings is 1. The molecule has 104 valence electrons. The molecule has 19 heavy (non-hydrogen) atoms. The highest BCUT2D eigenvalue weighted by Gasteiger charge is 2.13. The second-order valence-corrected chi connectivity index (χ2v) is 6.04. The Hall–Kier alpha value is -1.17. The van der Waals surface area contributed by atoms with Gasteiger partial charge in [0.2, 0.25) is 0 Å². The lowest BCUT2D eigenvalue weighted by Crippen LogP contribution is -2.30. The van der Waals surface area contributed by atoms with Crippen LogP contribution in [0.1, 0.15) is 23.1 Å². The van der Waals surface area contributed by atoms with Crippen molar-refractivity contribution < 1.29 is 5.11 Å². The zero-order valence-electron chi connectivity index (χ0n) is 11.7. The molecule has 2 heterocycles. The molecule has 1 atom stereocenters. The summed E-state index contributed by atoms with van der Waals surface area (Å²) in [6.07, 6.45) is 3.37. The molecule has 0 aliphatic heterocycles. The predicted octanol–water partition coefficient (Wildman–Crippen LogP) is 2.17. The second kappa shape index (κ2) is 6.32. The smallest absolute Gasteiger partial charge is 0.0945 e. The van der Waals surface area contributed by atoms with E-state index in [0.29, 0.717) is 6.54 Å². The van der Waals surface area contributed by atoms with Gasteiger partial charge >= 0.3 is 0 Å². The monoisotopic (exact) mass is 279 g/mol. The lowest BCUT2D eigenvalue weighted by Gasteiger charge is -2.23. The zero-order chi connectivity index (χ0) is 13.8. The van der Waals surface area contributed by atoms with Gasteiger partial charge in [0.1, 0.15) is 0 Å². The Balaban J connectivity index is 2.08.